The van der Waals surface area contributed by atoms with E-state index in [1.165, 1.54) is 33.1 Å². The van der Waals surface area contributed by atoms with Crippen molar-refractivity contribution in [2.45, 2.75) is 88.4 Å². The summed E-state index contributed by atoms with van der Waals surface area (Å²) in [5, 5.41) is 9.73. The normalized spacial score (nSPS) is 26.8. The van der Waals surface area contributed by atoms with Gasteiger partial charge >= 0.3 is 6.18 Å². The molecule has 5 heterocycles. The minimum Gasteiger partial charge on any atom is -0.481 e. The zero-order chi connectivity index (χ0) is 30.4. The Labute approximate surface area is 240 Å². The molecule has 5 atom stereocenters. The number of fused-ring (bicyclic) bond motifs is 2. The van der Waals surface area contributed by atoms with Gasteiger partial charge in [-0.2, -0.15) is 18.3 Å². The summed E-state index contributed by atoms with van der Waals surface area (Å²) in [5.74, 6) is -1.36. The zero-order valence-electron chi connectivity index (χ0n) is 23.7. The number of amides is 2. The van der Waals surface area contributed by atoms with E-state index in [0.717, 1.165) is 11.1 Å². The number of aromatic nitrogens is 3. The molecule has 3 saturated heterocycles. The van der Waals surface area contributed by atoms with E-state index in [1.807, 2.05) is 0 Å². The summed E-state index contributed by atoms with van der Waals surface area (Å²) in [4.78, 5) is 33.3. The summed E-state index contributed by atoms with van der Waals surface area (Å²) in [6, 6.07) is 0.207. The number of carbonyl (C=O) groups excluding carboxylic acids is 2. The highest BCUT2D eigenvalue weighted by Gasteiger charge is 2.49. The van der Waals surface area contributed by atoms with Crippen molar-refractivity contribution in [3.05, 3.63) is 29.8 Å². The first-order chi connectivity index (χ1) is 19.7. The molecule has 5 rings (SSSR count). The molecule has 9 nitrogen and oxygen atoms in total. The molecule has 3 aliphatic heterocycles. The lowest BCUT2D eigenvalue weighted by Gasteiger charge is -2.43. The third-order valence-corrected chi connectivity index (χ3v) is 8.45. The van der Waals surface area contributed by atoms with Crippen molar-refractivity contribution < 1.29 is 36.3 Å². The van der Waals surface area contributed by atoms with Gasteiger partial charge in [-0.15, -0.1) is 0 Å². The number of H-pyrrole nitrogens is 1. The highest BCUT2D eigenvalue weighted by Crippen LogP contribution is 2.40. The SMILES string of the molecule is COc1cc(-c2cc(C(=O)N3[C@@H]4CC[C@H]3C[C@H](C(=O)N[C@@H]3CC[C@@H](C(F)(F)F)N(CC(C)(C)F)C3)C4)n[nH]2)c(F)cn1. The maximum Gasteiger partial charge on any atom is 0.404 e. The summed E-state index contributed by atoms with van der Waals surface area (Å²) in [5.41, 5.74) is -1.24. The third-order valence-electron chi connectivity index (χ3n) is 8.45. The Hall–Kier alpha value is -3.29. The molecule has 2 aromatic heterocycles. The topological polar surface area (TPSA) is 103 Å². The number of methoxy groups -OCH3 is 1. The minimum absolute atomic E-state index is 0.0844. The zero-order valence-corrected chi connectivity index (χ0v) is 23.7. The number of nitrogens with one attached hydrogen (secondary N) is 2. The molecule has 2 amide bonds. The van der Waals surface area contributed by atoms with Crippen LogP contribution in [-0.4, -0.2) is 93.0 Å². The largest absolute Gasteiger partial charge is 0.481 e. The molecule has 2 aromatic rings. The van der Waals surface area contributed by atoms with Gasteiger partial charge in [-0.1, -0.05) is 0 Å². The molecule has 230 valence electrons. The summed E-state index contributed by atoms with van der Waals surface area (Å²) in [6.07, 6.45) is -1.27. The second kappa shape index (κ2) is 11.4. The van der Waals surface area contributed by atoms with Crippen LogP contribution in [0.4, 0.5) is 22.0 Å². The van der Waals surface area contributed by atoms with Crippen molar-refractivity contribution in [1.29, 1.82) is 0 Å². The molecule has 0 radical (unpaired) electrons. The molecule has 2 N–H and O–H groups in total. The molecule has 0 unspecified atom stereocenters. The van der Waals surface area contributed by atoms with Crippen LogP contribution < -0.4 is 10.1 Å². The summed E-state index contributed by atoms with van der Waals surface area (Å²) >= 11 is 0. The number of alkyl halides is 4. The number of carbonyl (C=O) groups is 2. The average molecular weight is 599 g/mol. The number of halogens is 5. The van der Waals surface area contributed by atoms with Crippen molar-refractivity contribution in [1.82, 2.24) is 30.3 Å². The molecule has 0 saturated carbocycles. The van der Waals surface area contributed by atoms with Gasteiger partial charge < -0.3 is 15.0 Å². The first-order valence-corrected chi connectivity index (χ1v) is 14.1. The predicted octanol–water partition coefficient (Wildman–Crippen LogP) is 4.26. The van der Waals surface area contributed by atoms with Gasteiger partial charge in [0.2, 0.25) is 11.8 Å². The van der Waals surface area contributed by atoms with E-state index in [1.54, 1.807) is 4.90 Å². The summed E-state index contributed by atoms with van der Waals surface area (Å²) < 4.78 is 74.5. The first-order valence-electron chi connectivity index (χ1n) is 14.1. The molecule has 3 aliphatic rings. The molecule has 3 fully saturated rings. The number of ether oxygens (including phenoxy) is 1. The standard InChI is InChI=1S/C28H35F5N6O3/c1-27(2,30)14-38-13-16(4-7-23(38)28(31,32)33)35-25(40)15-8-17-5-6-18(9-15)39(17)26(41)22-11-21(36-37-22)19-10-24(42-3)34-12-20(19)29/h10-12,15-18,23H,4-9,13-14H2,1-3H3,(H,35,40)(H,36,37)/t15-,16-,17-,18+,23+/m1/s1. The van der Waals surface area contributed by atoms with E-state index in [-0.39, 0.29) is 67.0 Å². The molecule has 2 bridgehead atoms. The molecule has 14 heteroatoms. The fourth-order valence-electron chi connectivity index (χ4n) is 6.67. The maximum absolute atomic E-state index is 14.4. The number of pyridine rings is 1. The van der Waals surface area contributed by atoms with Crippen LogP contribution in [-0.2, 0) is 4.79 Å². The highest BCUT2D eigenvalue weighted by atomic mass is 19.4. The van der Waals surface area contributed by atoms with Crippen LogP contribution in [0, 0.1) is 11.7 Å². The smallest absolute Gasteiger partial charge is 0.404 e. The first kappa shape index (κ1) is 30.2. The highest BCUT2D eigenvalue weighted by molar-refractivity contribution is 5.94. The van der Waals surface area contributed by atoms with Crippen molar-refractivity contribution in [2.75, 3.05) is 20.2 Å². The lowest BCUT2D eigenvalue weighted by molar-refractivity contribution is -0.196. The van der Waals surface area contributed by atoms with Gasteiger partial charge in [0.05, 0.1) is 19.0 Å². The molecule has 0 spiro atoms. The number of likely N-dealkylation sites (tertiary alicyclic amines) is 1. The Morgan fingerprint density at radius 1 is 1.10 bits per heavy atom. The van der Waals surface area contributed by atoms with E-state index in [2.05, 4.69) is 20.5 Å². The van der Waals surface area contributed by atoms with Crippen molar-refractivity contribution in [2.24, 2.45) is 5.92 Å². The number of piperidine rings is 2. The Kier molecular flexibility index (Phi) is 8.20. The van der Waals surface area contributed by atoms with Gasteiger partial charge in [0, 0.05) is 48.8 Å². The average Bonchev–Trinajstić information content (AvgIpc) is 3.49. The second-order valence-electron chi connectivity index (χ2n) is 12.1. The monoisotopic (exact) mass is 598 g/mol. The number of rotatable bonds is 7. The minimum atomic E-state index is -4.48. The maximum atomic E-state index is 14.4. The van der Waals surface area contributed by atoms with Gasteiger partial charge in [-0.05, 0) is 58.4 Å². The van der Waals surface area contributed by atoms with Crippen LogP contribution in [0.15, 0.2) is 18.3 Å². The van der Waals surface area contributed by atoms with Gasteiger partial charge in [-0.3, -0.25) is 19.6 Å². The van der Waals surface area contributed by atoms with Crippen LogP contribution in [0.5, 0.6) is 5.88 Å². The lowest BCUT2D eigenvalue weighted by Crippen LogP contribution is -2.59. The Morgan fingerprint density at radius 2 is 1.79 bits per heavy atom. The molecular weight excluding hydrogens is 563 g/mol. The third kappa shape index (κ3) is 6.37. The fourth-order valence-corrected chi connectivity index (χ4v) is 6.67. The van der Waals surface area contributed by atoms with E-state index in [9.17, 15) is 31.5 Å². The fraction of sp³-hybridized carbons (Fsp3) is 0.643. The number of nitrogens with zero attached hydrogens (tertiary/aromatic N) is 4. The van der Waals surface area contributed by atoms with Gasteiger partial charge in [0.15, 0.2) is 11.5 Å². The van der Waals surface area contributed by atoms with Crippen LogP contribution in [0.1, 0.15) is 62.9 Å². The van der Waals surface area contributed by atoms with E-state index in [4.69, 9.17) is 4.74 Å². The Morgan fingerprint density at radius 3 is 2.40 bits per heavy atom. The predicted molar refractivity (Wildman–Crippen MR) is 142 cm³/mol. The van der Waals surface area contributed by atoms with E-state index < -0.39 is 35.7 Å². The van der Waals surface area contributed by atoms with E-state index in [0.29, 0.717) is 31.4 Å². The van der Waals surface area contributed by atoms with Crippen LogP contribution >= 0.6 is 0 Å². The summed E-state index contributed by atoms with van der Waals surface area (Å²) in [7, 11) is 1.41. The Bertz CT molecular complexity index is 1300. The lowest BCUT2D eigenvalue weighted by atomic mass is 9.88. The van der Waals surface area contributed by atoms with Crippen molar-refractivity contribution >= 4 is 11.8 Å². The number of hydrogen-bond donors (Lipinski definition) is 2. The van der Waals surface area contributed by atoms with Gasteiger partial charge in [-0.25, -0.2) is 13.8 Å². The van der Waals surface area contributed by atoms with Gasteiger partial charge in [0.25, 0.3) is 5.91 Å². The van der Waals surface area contributed by atoms with E-state index >= 15 is 0 Å². The van der Waals surface area contributed by atoms with Crippen LogP contribution in [0.3, 0.4) is 0 Å². The number of hydrogen-bond acceptors (Lipinski definition) is 6. The summed E-state index contributed by atoms with van der Waals surface area (Å²) in [6.45, 7) is 2.01. The van der Waals surface area contributed by atoms with Crippen LogP contribution in [0.25, 0.3) is 11.3 Å². The Balaban J connectivity index is 1.22. The second-order valence-corrected chi connectivity index (χ2v) is 12.1. The van der Waals surface area contributed by atoms with Crippen molar-refractivity contribution in [3.8, 4) is 17.1 Å². The molecule has 0 aliphatic carbocycles. The number of aromatic amines is 1. The van der Waals surface area contributed by atoms with Crippen LogP contribution in [0.2, 0.25) is 0 Å². The van der Waals surface area contributed by atoms with Crippen molar-refractivity contribution in [3.63, 3.8) is 0 Å². The quantitative estimate of drug-likeness (QED) is 0.462. The molecular formula is C28H35F5N6O3. The molecule has 0 aromatic carbocycles. The molecule has 42 heavy (non-hydrogen) atoms. The van der Waals surface area contributed by atoms with Gasteiger partial charge in [0.1, 0.15) is 11.7 Å².